The van der Waals surface area contributed by atoms with Gasteiger partial charge in [0.25, 0.3) is 5.91 Å². The molecule has 2 fully saturated rings. The van der Waals surface area contributed by atoms with Gasteiger partial charge in [-0.15, -0.1) is 12.4 Å². The van der Waals surface area contributed by atoms with Gasteiger partial charge in [0.1, 0.15) is 5.75 Å². The van der Waals surface area contributed by atoms with Crippen molar-refractivity contribution in [3.05, 3.63) is 59.8 Å². The van der Waals surface area contributed by atoms with Gasteiger partial charge in [-0.05, 0) is 29.7 Å². The summed E-state index contributed by atoms with van der Waals surface area (Å²) in [4.78, 5) is 15.5. The number of halogens is 1. The van der Waals surface area contributed by atoms with Crippen LogP contribution in [0.5, 0.6) is 5.75 Å². The molecule has 3 aromatic rings. The van der Waals surface area contributed by atoms with E-state index in [2.05, 4.69) is 27.6 Å². The van der Waals surface area contributed by atoms with Gasteiger partial charge in [-0.1, -0.05) is 30.3 Å². The molecule has 0 aliphatic carbocycles. The molecule has 2 aliphatic rings. The second kappa shape index (κ2) is 7.45. The maximum absolute atomic E-state index is 13.5. The molecule has 0 radical (unpaired) electrons. The number of ether oxygens (including phenoxy) is 1. The second-order valence-corrected chi connectivity index (χ2v) is 7.38. The van der Waals surface area contributed by atoms with Crippen LogP contribution < -0.4 is 10.1 Å². The van der Waals surface area contributed by atoms with E-state index in [1.165, 1.54) is 0 Å². The fourth-order valence-electron chi connectivity index (χ4n) is 4.62. The van der Waals surface area contributed by atoms with Gasteiger partial charge in [-0.25, -0.2) is 0 Å². The Kier molecular flexibility index (Phi) is 5.00. The molecule has 0 spiro atoms. The molecule has 6 nitrogen and oxygen atoms in total. The number of aromatic nitrogens is 2. The van der Waals surface area contributed by atoms with Crippen molar-refractivity contribution in [2.24, 2.45) is 11.8 Å². The van der Waals surface area contributed by atoms with Crippen LogP contribution in [-0.4, -0.2) is 47.7 Å². The van der Waals surface area contributed by atoms with Gasteiger partial charge in [0, 0.05) is 30.9 Å². The SMILES string of the molecule is COc1ccc([C@H]2[C@H]3CNC[C@H]3CN2C(=O)c2n[nH]c3ccccc23)cc1.Cl. The van der Waals surface area contributed by atoms with Gasteiger partial charge < -0.3 is 15.0 Å². The van der Waals surface area contributed by atoms with Crippen molar-refractivity contribution in [1.82, 2.24) is 20.4 Å². The lowest BCUT2D eigenvalue weighted by Gasteiger charge is -2.28. The monoisotopic (exact) mass is 398 g/mol. The van der Waals surface area contributed by atoms with E-state index >= 15 is 0 Å². The van der Waals surface area contributed by atoms with Crippen molar-refractivity contribution in [3.63, 3.8) is 0 Å². The van der Waals surface area contributed by atoms with Crippen molar-refractivity contribution >= 4 is 29.2 Å². The topological polar surface area (TPSA) is 70.2 Å². The maximum Gasteiger partial charge on any atom is 0.275 e. The number of hydrogen-bond acceptors (Lipinski definition) is 4. The minimum Gasteiger partial charge on any atom is -0.497 e. The minimum absolute atomic E-state index is 0. The third-order valence-electron chi connectivity index (χ3n) is 5.96. The minimum atomic E-state index is 0. The summed E-state index contributed by atoms with van der Waals surface area (Å²) in [7, 11) is 1.67. The zero-order chi connectivity index (χ0) is 18.4. The van der Waals surface area contributed by atoms with E-state index in [-0.39, 0.29) is 24.4 Å². The normalized spacial score (nSPS) is 23.5. The number of para-hydroxylation sites is 1. The summed E-state index contributed by atoms with van der Waals surface area (Å²) >= 11 is 0. The molecular weight excluding hydrogens is 376 g/mol. The standard InChI is InChI=1S/C21H22N4O2.ClH/c1-27-15-8-6-13(7-9-15)20-17-11-22-10-14(17)12-25(20)21(26)19-16-4-2-3-5-18(16)23-24-19;/h2-9,14,17,20,22H,10-12H2,1H3,(H,23,24);1H/t14-,17-,20-;/m0./s1. The van der Waals surface area contributed by atoms with E-state index in [0.29, 0.717) is 17.5 Å². The highest BCUT2D eigenvalue weighted by atomic mass is 35.5. The molecule has 0 bridgehead atoms. The first-order chi connectivity index (χ1) is 13.3. The van der Waals surface area contributed by atoms with Gasteiger partial charge in [0.05, 0.1) is 18.7 Å². The van der Waals surface area contributed by atoms with Crippen LogP contribution in [0.15, 0.2) is 48.5 Å². The third-order valence-corrected chi connectivity index (χ3v) is 5.96. The zero-order valence-electron chi connectivity index (χ0n) is 15.6. The summed E-state index contributed by atoms with van der Waals surface area (Å²) in [5.74, 6) is 1.73. The molecule has 1 aromatic heterocycles. The smallest absolute Gasteiger partial charge is 0.275 e. The first kappa shape index (κ1) is 18.8. The Hall–Kier alpha value is -2.57. The molecule has 0 unspecified atom stereocenters. The van der Waals surface area contributed by atoms with Crippen molar-refractivity contribution in [2.75, 3.05) is 26.7 Å². The van der Waals surface area contributed by atoms with Crippen LogP contribution in [0.1, 0.15) is 22.1 Å². The van der Waals surface area contributed by atoms with Gasteiger partial charge in [0.15, 0.2) is 5.69 Å². The number of methoxy groups -OCH3 is 1. The Balaban J connectivity index is 0.00000192. The molecule has 2 N–H and O–H groups in total. The largest absolute Gasteiger partial charge is 0.497 e. The fraction of sp³-hybridized carbons (Fsp3) is 0.333. The van der Waals surface area contributed by atoms with Gasteiger partial charge in [-0.3, -0.25) is 9.89 Å². The average Bonchev–Trinajstić information content (AvgIpc) is 3.41. The van der Waals surface area contributed by atoms with E-state index in [9.17, 15) is 4.79 Å². The Morgan fingerprint density at radius 1 is 1.14 bits per heavy atom. The number of aromatic amines is 1. The molecule has 5 rings (SSSR count). The first-order valence-electron chi connectivity index (χ1n) is 9.35. The van der Waals surface area contributed by atoms with Crippen molar-refractivity contribution in [3.8, 4) is 5.75 Å². The number of rotatable bonds is 3. The predicted molar refractivity (Wildman–Crippen MR) is 110 cm³/mol. The van der Waals surface area contributed by atoms with Crippen molar-refractivity contribution < 1.29 is 9.53 Å². The lowest BCUT2D eigenvalue weighted by atomic mass is 9.89. The summed E-state index contributed by atoms with van der Waals surface area (Å²) in [5, 5.41) is 11.7. The summed E-state index contributed by atoms with van der Waals surface area (Å²) < 4.78 is 5.29. The van der Waals surface area contributed by atoms with Gasteiger partial charge >= 0.3 is 0 Å². The van der Waals surface area contributed by atoms with Crippen LogP contribution in [0.3, 0.4) is 0 Å². The van der Waals surface area contributed by atoms with Gasteiger partial charge in [-0.2, -0.15) is 5.10 Å². The number of benzene rings is 2. The zero-order valence-corrected chi connectivity index (χ0v) is 16.4. The van der Waals surface area contributed by atoms with Gasteiger partial charge in [0.2, 0.25) is 0 Å². The number of likely N-dealkylation sites (tertiary alicyclic amines) is 1. The molecule has 2 saturated heterocycles. The first-order valence-corrected chi connectivity index (χ1v) is 9.35. The predicted octanol–water partition coefficient (Wildman–Crippen LogP) is 3.03. The summed E-state index contributed by atoms with van der Waals surface area (Å²) in [6.45, 7) is 2.66. The van der Waals surface area contributed by atoms with E-state index in [0.717, 1.165) is 41.9 Å². The Labute approximate surface area is 169 Å². The van der Waals surface area contributed by atoms with Crippen LogP contribution in [-0.2, 0) is 0 Å². The number of carbonyl (C=O) groups excluding carboxylic acids is 1. The number of H-pyrrole nitrogens is 1. The van der Waals surface area contributed by atoms with Crippen molar-refractivity contribution in [1.29, 1.82) is 0 Å². The second-order valence-electron chi connectivity index (χ2n) is 7.38. The van der Waals surface area contributed by atoms with E-state index in [4.69, 9.17) is 4.74 Å². The van der Waals surface area contributed by atoms with Crippen molar-refractivity contribution in [2.45, 2.75) is 6.04 Å². The fourth-order valence-corrected chi connectivity index (χ4v) is 4.62. The molecule has 3 heterocycles. The molecule has 1 amide bonds. The molecule has 0 saturated carbocycles. The highest BCUT2D eigenvalue weighted by molar-refractivity contribution is 6.04. The average molecular weight is 399 g/mol. The molecule has 2 aromatic carbocycles. The molecule has 146 valence electrons. The van der Waals surface area contributed by atoms with Crippen LogP contribution in [0, 0.1) is 11.8 Å². The molecule has 2 aliphatic heterocycles. The molecule has 28 heavy (non-hydrogen) atoms. The Morgan fingerprint density at radius 2 is 1.93 bits per heavy atom. The summed E-state index contributed by atoms with van der Waals surface area (Å²) in [6.07, 6.45) is 0. The Bertz CT molecular complexity index is 987. The molecule has 7 heteroatoms. The van der Waals surface area contributed by atoms with Crippen LogP contribution in [0.2, 0.25) is 0 Å². The third kappa shape index (κ3) is 2.93. The number of hydrogen-bond donors (Lipinski definition) is 2. The lowest BCUT2D eigenvalue weighted by molar-refractivity contribution is 0.0710. The quantitative estimate of drug-likeness (QED) is 0.711. The summed E-state index contributed by atoms with van der Waals surface area (Å²) in [6, 6.07) is 15.9. The number of amides is 1. The Morgan fingerprint density at radius 3 is 2.71 bits per heavy atom. The molecular formula is C21H23ClN4O2. The number of carbonyl (C=O) groups is 1. The molecule has 3 atom stereocenters. The number of fused-ring (bicyclic) bond motifs is 2. The lowest BCUT2D eigenvalue weighted by Crippen LogP contribution is -2.35. The number of nitrogens with one attached hydrogen (secondary N) is 2. The van der Waals surface area contributed by atoms with E-state index in [1.54, 1.807) is 7.11 Å². The van der Waals surface area contributed by atoms with Crippen LogP contribution >= 0.6 is 12.4 Å². The van der Waals surface area contributed by atoms with Crippen LogP contribution in [0.4, 0.5) is 0 Å². The summed E-state index contributed by atoms with van der Waals surface area (Å²) in [5.41, 5.74) is 2.56. The maximum atomic E-state index is 13.5. The highest BCUT2D eigenvalue weighted by Crippen LogP contribution is 2.43. The van der Waals surface area contributed by atoms with E-state index in [1.807, 2.05) is 41.3 Å². The van der Waals surface area contributed by atoms with E-state index < -0.39 is 0 Å². The highest BCUT2D eigenvalue weighted by Gasteiger charge is 2.47. The van der Waals surface area contributed by atoms with Crippen LogP contribution in [0.25, 0.3) is 10.9 Å². The number of nitrogens with zero attached hydrogens (tertiary/aromatic N) is 2.